The molecule has 0 atom stereocenters. The Kier molecular flexibility index (Phi) is 4.62. The zero-order valence-electron chi connectivity index (χ0n) is 6.89. The van der Waals surface area contributed by atoms with Crippen LogP contribution in [0.3, 0.4) is 0 Å². The minimum atomic E-state index is 0.0727. The summed E-state index contributed by atoms with van der Waals surface area (Å²) in [4.78, 5) is 11.0. The van der Waals surface area contributed by atoms with Crippen molar-refractivity contribution in [3.63, 3.8) is 0 Å². The zero-order valence-corrected chi connectivity index (χ0v) is 7.70. The van der Waals surface area contributed by atoms with E-state index in [-0.39, 0.29) is 5.78 Å². The standard InChI is InChI=1S/C9H12OS/c1-4-5-9(8(3)10)7(2)6-11/h4,6H,1,5H2,2-3H3. The average molecular weight is 168 g/mol. The molecule has 0 saturated carbocycles. The van der Waals surface area contributed by atoms with Crippen molar-refractivity contribution in [2.75, 3.05) is 0 Å². The molecular formula is C9H12OS. The summed E-state index contributed by atoms with van der Waals surface area (Å²) < 4.78 is 0. The van der Waals surface area contributed by atoms with Gasteiger partial charge in [-0.05, 0) is 25.8 Å². The van der Waals surface area contributed by atoms with Gasteiger partial charge in [-0.15, -0.1) is 6.58 Å². The van der Waals surface area contributed by atoms with Crippen LogP contribution in [-0.2, 0) is 4.79 Å². The Morgan fingerprint density at radius 3 is 2.36 bits per heavy atom. The lowest BCUT2D eigenvalue weighted by molar-refractivity contribution is -0.113. The highest BCUT2D eigenvalue weighted by Crippen LogP contribution is 2.08. The van der Waals surface area contributed by atoms with Gasteiger partial charge >= 0.3 is 0 Å². The second-order valence-corrected chi connectivity index (χ2v) is 2.56. The van der Waals surface area contributed by atoms with Gasteiger partial charge in [-0.25, -0.2) is 0 Å². The third kappa shape index (κ3) is 3.23. The fraction of sp³-hybridized carbons (Fsp3) is 0.333. The highest BCUT2D eigenvalue weighted by Gasteiger charge is 2.03. The van der Waals surface area contributed by atoms with E-state index in [9.17, 15) is 4.79 Å². The Hall–Kier alpha value is -0.760. The third-order valence-electron chi connectivity index (χ3n) is 1.43. The lowest BCUT2D eigenvalue weighted by atomic mass is 10.0. The van der Waals surface area contributed by atoms with Crippen molar-refractivity contribution in [1.82, 2.24) is 0 Å². The van der Waals surface area contributed by atoms with Gasteiger partial charge in [0.2, 0.25) is 0 Å². The van der Waals surface area contributed by atoms with Gasteiger partial charge in [0.15, 0.2) is 5.78 Å². The van der Waals surface area contributed by atoms with E-state index in [1.807, 2.05) is 6.92 Å². The van der Waals surface area contributed by atoms with Crippen molar-refractivity contribution in [3.8, 4) is 0 Å². The first-order valence-electron chi connectivity index (χ1n) is 3.40. The molecule has 0 radical (unpaired) electrons. The van der Waals surface area contributed by atoms with Crippen LogP contribution < -0.4 is 0 Å². The Morgan fingerprint density at radius 2 is 2.09 bits per heavy atom. The van der Waals surface area contributed by atoms with E-state index in [4.69, 9.17) is 12.2 Å². The molecule has 0 bridgehead atoms. The molecule has 1 nitrogen and oxygen atoms in total. The molecule has 0 heterocycles. The van der Waals surface area contributed by atoms with Crippen LogP contribution in [0.4, 0.5) is 0 Å². The van der Waals surface area contributed by atoms with Gasteiger partial charge in [0.05, 0.1) is 0 Å². The first kappa shape index (κ1) is 10.2. The molecule has 0 unspecified atom stereocenters. The van der Waals surface area contributed by atoms with E-state index in [0.29, 0.717) is 6.42 Å². The predicted molar refractivity (Wildman–Crippen MR) is 51.9 cm³/mol. The number of hydrogen-bond acceptors (Lipinski definition) is 2. The summed E-state index contributed by atoms with van der Waals surface area (Å²) in [6, 6.07) is 0. The molecule has 0 N–H and O–H groups in total. The number of Topliss-reactive ketones (excluding diaryl/α,β-unsaturated/α-hetero) is 1. The number of carbonyl (C=O) groups is 1. The average Bonchev–Trinajstić information content (AvgIpc) is 1.98. The molecule has 11 heavy (non-hydrogen) atoms. The summed E-state index contributed by atoms with van der Waals surface area (Å²) in [5.41, 5.74) is 1.63. The van der Waals surface area contributed by atoms with Crippen LogP contribution in [0.5, 0.6) is 0 Å². The van der Waals surface area contributed by atoms with Crippen LogP contribution in [0.25, 0.3) is 0 Å². The van der Waals surface area contributed by atoms with Crippen LogP contribution in [-0.4, -0.2) is 11.2 Å². The van der Waals surface area contributed by atoms with Crippen LogP contribution >= 0.6 is 12.2 Å². The summed E-state index contributed by atoms with van der Waals surface area (Å²) in [7, 11) is 0. The van der Waals surface area contributed by atoms with Crippen molar-refractivity contribution in [2.24, 2.45) is 0 Å². The Bertz CT molecular complexity index is 214. The van der Waals surface area contributed by atoms with E-state index in [2.05, 4.69) is 6.58 Å². The predicted octanol–water partition coefficient (Wildman–Crippen LogP) is 2.47. The summed E-state index contributed by atoms with van der Waals surface area (Å²) in [6.45, 7) is 6.95. The van der Waals surface area contributed by atoms with Crippen molar-refractivity contribution in [3.05, 3.63) is 23.8 Å². The van der Waals surface area contributed by atoms with Gasteiger partial charge < -0.3 is 0 Å². The van der Waals surface area contributed by atoms with Crippen molar-refractivity contribution in [2.45, 2.75) is 20.3 Å². The molecule has 0 amide bonds. The molecule has 0 aliphatic carbocycles. The normalized spacial score (nSPS) is 11.8. The molecular weight excluding hydrogens is 156 g/mol. The SMILES string of the molecule is C=CCC(C(C)=O)=C(C)C=S. The number of hydrogen-bond donors (Lipinski definition) is 0. The van der Waals surface area contributed by atoms with Crippen LogP contribution in [0.2, 0.25) is 0 Å². The molecule has 0 saturated heterocycles. The zero-order chi connectivity index (χ0) is 8.85. The Labute approximate surface area is 72.8 Å². The van der Waals surface area contributed by atoms with Gasteiger partial charge in [-0.2, -0.15) is 0 Å². The number of rotatable bonds is 4. The highest BCUT2D eigenvalue weighted by atomic mass is 32.1. The lowest BCUT2D eigenvalue weighted by Gasteiger charge is -2.00. The fourth-order valence-corrected chi connectivity index (χ4v) is 0.940. The molecule has 2 heteroatoms. The van der Waals surface area contributed by atoms with Gasteiger partial charge in [-0.3, -0.25) is 4.79 Å². The largest absolute Gasteiger partial charge is 0.295 e. The minimum Gasteiger partial charge on any atom is -0.295 e. The number of allylic oxidation sites excluding steroid dienone is 3. The second kappa shape index (κ2) is 4.97. The van der Waals surface area contributed by atoms with Gasteiger partial charge in [0.1, 0.15) is 0 Å². The smallest absolute Gasteiger partial charge is 0.156 e. The summed E-state index contributed by atoms with van der Waals surface area (Å²) in [5, 5.41) is 1.53. The molecule has 0 rings (SSSR count). The molecule has 0 aliphatic heterocycles. The maximum absolute atomic E-state index is 11.0. The monoisotopic (exact) mass is 168 g/mol. The van der Waals surface area contributed by atoms with Crippen LogP contribution in [0.15, 0.2) is 23.8 Å². The van der Waals surface area contributed by atoms with E-state index < -0.39 is 0 Å². The fourth-order valence-electron chi connectivity index (χ4n) is 0.798. The molecule has 0 fully saturated rings. The van der Waals surface area contributed by atoms with Crippen molar-refractivity contribution < 1.29 is 4.79 Å². The van der Waals surface area contributed by atoms with Gasteiger partial charge in [0, 0.05) is 10.9 Å². The van der Waals surface area contributed by atoms with Crippen molar-refractivity contribution in [1.29, 1.82) is 0 Å². The van der Waals surface area contributed by atoms with Crippen molar-refractivity contribution >= 4 is 23.4 Å². The molecule has 0 aliphatic rings. The van der Waals surface area contributed by atoms with Crippen LogP contribution in [0, 0.1) is 0 Å². The summed E-state index contributed by atoms with van der Waals surface area (Å²) in [6.07, 6.45) is 2.31. The number of ketones is 1. The highest BCUT2D eigenvalue weighted by molar-refractivity contribution is 7.79. The minimum absolute atomic E-state index is 0.0727. The molecule has 60 valence electrons. The Morgan fingerprint density at radius 1 is 1.55 bits per heavy atom. The number of thiocarbonyl (C=S) groups is 1. The molecule has 0 aromatic heterocycles. The summed E-state index contributed by atoms with van der Waals surface area (Å²) in [5.74, 6) is 0.0727. The third-order valence-corrected chi connectivity index (χ3v) is 1.78. The maximum Gasteiger partial charge on any atom is 0.156 e. The topological polar surface area (TPSA) is 17.1 Å². The van der Waals surface area contributed by atoms with Gasteiger partial charge in [0.25, 0.3) is 0 Å². The number of carbonyl (C=O) groups excluding carboxylic acids is 1. The maximum atomic E-state index is 11.0. The van der Waals surface area contributed by atoms with E-state index in [0.717, 1.165) is 11.1 Å². The first-order valence-corrected chi connectivity index (χ1v) is 3.87. The Balaban J connectivity index is 4.70. The first-order chi connectivity index (χ1) is 5.13. The van der Waals surface area contributed by atoms with Crippen LogP contribution in [0.1, 0.15) is 20.3 Å². The van der Waals surface area contributed by atoms with E-state index >= 15 is 0 Å². The molecule has 0 spiro atoms. The lowest BCUT2D eigenvalue weighted by Crippen LogP contribution is -1.99. The molecule has 0 aromatic rings. The summed E-state index contributed by atoms with van der Waals surface area (Å²) >= 11 is 4.71. The van der Waals surface area contributed by atoms with Gasteiger partial charge in [-0.1, -0.05) is 18.3 Å². The second-order valence-electron chi connectivity index (χ2n) is 2.33. The van der Waals surface area contributed by atoms with E-state index in [1.54, 1.807) is 13.0 Å². The molecule has 0 aromatic carbocycles. The quantitative estimate of drug-likeness (QED) is 0.364. The van der Waals surface area contributed by atoms with E-state index in [1.165, 1.54) is 5.37 Å².